The Labute approximate surface area is 87.9 Å². The van der Waals surface area contributed by atoms with Crippen molar-refractivity contribution < 1.29 is 4.39 Å². The predicted octanol–water partition coefficient (Wildman–Crippen LogP) is 2.99. The Balaban J connectivity index is 2.88. The fourth-order valence-corrected chi connectivity index (χ4v) is 1.61. The van der Waals surface area contributed by atoms with E-state index in [4.69, 9.17) is 5.26 Å². The first kappa shape index (κ1) is 11.1. The highest BCUT2D eigenvalue weighted by Gasteiger charge is 2.04. The average molecular weight is 209 g/mol. The molecule has 0 aliphatic carbocycles. The largest absolute Gasteiger partial charge is 0.207 e. The molecule has 1 nitrogen and oxygen atoms in total. The van der Waals surface area contributed by atoms with Crippen LogP contribution in [0.4, 0.5) is 4.39 Å². The summed E-state index contributed by atoms with van der Waals surface area (Å²) in [5.41, 5.74) is 1.29. The standard InChI is InChI=1S/C11H12FNS/c1-8(14-2)3-9-4-10(7-13)6-11(12)5-9/h4-6,8H,3H2,1-2H3. The van der Waals surface area contributed by atoms with Gasteiger partial charge in [-0.1, -0.05) is 6.92 Å². The van der Waals surface area contributed by atoms with Gasteiger partial charge in [0.05, 0.1) is 11.6 Å². The summed E-state index contributed by atoms with van der Waals surface area (Å²) in [6.07, 6.45) is 2.82. The van der Waals surface area contributed by atoms with E-state index in [9.17, 15) is 4.39 Å². The quantitative estimate of drug-likeness (QED) is 0.764. The normalized spacial score (nSPS) is 12.1. The number of thioether (sulfide) groups is 1. The first-order valence-electron chi connectivity index (χ1n) is 4.38. The molecule has 0 bridgehead atoms. The molecule has 0 saturated carbocycles. The first-order valence-corrected chi connectivity index (χ1v) is 5.67. The molecule has 14 heavy (non-hydrogen) atoms. The number of nitriles is 1. The second-order valence-corrected chi connectivity index (χ2v) is 4.49. The van der Waals surface area contributed by atoms with Gasteiger partial charge in [-0.15, -0.1) is 0 Å². The van der Waals surface area contributed by atoms with E-state index in [1.54, 1.807) is 17.8 Å². The third kappa shape index (κ3) is 3.04. The second-order valence-electron chi connectivity index (χ2n) is 3.21. The lowest BCUT2D eigenvalue weighted by Crippen LogP contribution is -2.01. The fraction of sp³-hybridized carbons (Fsp3) is 0.364. The van der Waals surface area contributed by atoms with E-state index in [1.165, 1.54) is 12.1 Å². The van der Waals surface area contributed by atoms with Gasteiger partial charge in [0.1, 0.15) is 5.82 Å². The molecule has 1 atom stereocenters. The summed E-state index contributed by atoms with van der Waals surface area (Å²) in [6, 6.07) is 6.45. The Morgan fingerprint density at radius 3 is 2.79 bits per heavy atom. The zero-order chi connectivity index (χ0) is 10.6. The van der Waals surface area contributed by atoms with E-state index in [2.05, 4.69) is 6.92 Å². The summed E-state index contributed by atoms with van der Waals surface area (Å²) >= 11 is 1.73. The van der Waals surface area contributed by atoms with Gasteiger partial charge in [-0.3, -0.25) is 0 Å². The van der Waals surface area contributed by atoms with Gasteiger partial charge in [-0.05, 0) is 36.4 Å². The summed E-state index contributed by atoms with van der Waals surface area (Å²) in [4.78, 5) is 0. The Morgan fingerprint density at radius 1 is 1.50 bits per heavy atom. The van der Waals surface area contributed by atoms with Crippen LogP contribution < -0.4 is 0 Å². The SMILES string of the molecule is CSC(C)Cc1cc(F)cc(C#N)c1. The smallest absolute Gasteiger partial charge is 0.124 e. The molecule has 1 unspecified atom stereocenters. The van der Waals surface area contributed by atoms with Gasteiger partial charge in [-0.2, -0.15) is 17.0 Å². The van der Waals surface area contributed by atoms with Crippen LogP contribution in [0.1, 0.15) is 18.1 Å². The number of benzene rings is 1. The molecule has 74 valence electrons. The molecule has 0 aromatic heterocycles. The van der Waals surface area contributed by atoms with Gasteiger partial charge >= 0.3 is 0 Å². The molecule has 0 amide bonds. The van der Waals surface area contributed by atoms with Crippen LogP contribution in [-0.2, 0) is 6.42 Å². The zero-order valence-corrected chi connectivity index (χ0v) is 9.07. The first-order chi connectivity index (χ1) is 6.65. The van der Waals surface area contributed by atoms with Crippen LogP contribution in [0, 0.1) is 17.1 Å². The highest BCUT2D eigenvalue weighted by molar-refractivity contribution is 7.99. The van der Waals surface area contributed by atoms with Crippen LogP contribution in [0.25, 0.3) is 0 Å². The predicted molar refractivity (Wildman–Crippen MR) is 57.8 cm³/mol. The van der Waals surface area contributed by atoms with Gasteiger partial charge in [0.25, 0.3) is 0 Å². The average Bonchev–Trinajstić information content (AvgIpc) is 2.16. The molecule has 0 heterocycles. The molecule has 0 spiro atoms. The van der Waals surface area contributed by atoms with Gasteiger partial charge in [0, 0.05) is 5.25 Å². The molecule has 0 saturated heterocycles. The van der Waals surface area contributed by atoms with Crippen molar-refractivity contribution in [1.82, 2.24) is 0 Å². The van der Waals surface area contributed by atoms with Crippen molar-refractivity contribution in [3.8, 4) is 6.07 Å². The van der Waals surface area contributed by atoms with Crippen molar-refractivity contribution in [2.75, 3.05) is 6.26 Å². The Bertz CT molecular complexity index is 357. The van der Waals surface area contributed by atoms with Crippen LogP contribution in [0.5, 0.6) is 0 Å². The van der Waals surface area contributed by atoms with E-state index in [1.807, 2.05) is 12.3 Å². The molecule has 0 fully saturated rings. The molecule has 1 aromatic rings. The summed E-state index contributed by atoms with van der Waals surface area (Å²) in [5.74, 6) is -0.327. The molecule has 0 N–H and O–H groups in total. The molecular formula is C11H12FNS. The number of hydrogen-bond donors (Lipinski definition) is 0. The maximum absolute atomic E-state index is 13.0. The van der Waals surface area contributed by atoms with Gasteiger partial charge < -0.3 is 0 Å². The van der Waals surface area contributed by atoms with Gasteiger partial charge in [0.2, 0.25) is 0 Å². The number of hydrogen-bond acceptors (Lipinski definition) is 2. The van der Waals surface area contributed by atoms with Crippen molar-refractivity contribution in [2.45, 2.75) is 18.6 Å². The maximum Gasteiger partial charge on any atom is 0.124 e. The minimum absolute atomic E-state index is 0.327. The zero-order valence-electron chi connectivity index (χ0n) is 8.25. The fourth-order valence-electron chi connectivity index (χ4n) is 1.25. The highest BCUT2D eigenvalue weighted by Crippen LogP contribution is 2.15. The minimum atomic E-state index is -0.327. The Morgan fingerprint density at radius 2 is 2.21 bits per heavy atom. The molecule has 1 aromatic carbocycles. The van der Waals surface area contributed by atoms with Crippen molar-refractivity contribution in [3.63, 3.8) is 0 Å². The summed E-state index contributed by atoms with van der Waals surface area (Å²) in [7, 11) is 0. The monoisotopic (exact) mass is 209 g/mol. The topological polar surface area (TPSA) is 23.8 Å². The van der Waals surface area contributed by atoms with Crippen LogP contribution in [-0.4, -0.2) is 11.5 Å². The lowest BCUT2D eigenvalue weighted by molar-refractivity contribution is 0.624. The highest BCUT2D eigenvalue weighted by atomic mass is 32.2. The van der Waals surface area contributed by atoms with E-state index >= 15 is 0 Å². The third-order valence-electron chi connectivity index (χ3n) is 2.01. The molecule has 0 radical (unpaired) electrons. The summed E-state index contributed by atoms with van der Waals surface area (Å²) < 4.78 is 13.0. The summed E-state index contributed by atoms with van der Waals surface area (Å²) in [6.45, 7) is 2.08. The Hall–Kier alpha value is -1.01. The molecular weight excluding hydrogens is 197 g/mol. The second kappa shape index (κ2) is 5.02. The Kier molecular flexibility index (Phi) is 3.97. The van der Waals surface area contributed by atoms with Crippen LogP contribution in [0.3, 0.4) is 0 Å². The van der Waals surface area contributed by atoms with Crippen LogP contribution in [0.2, 0.25) is 0 Å². The number of nitrogens with zero attached hydrogens (tertiary/aromatic N) is 1. The van der Waals surface area contributed by atoms with Crippen LogP contribution >= 0.6 is 11.8 Å². The minimum Gasteiger partial charge on any atom is -0.207 e. The number of rotatable bonds is 3. The lowest BCUT2D eigenvalue weighted by Gasteiger charge is -2.08. The van der Waals surface area contributed by atoms with E-state index in [0.29, 0.717) is 10.8 Å². The van der Waals surface area contributed by atoms with Crippen LogP contribution in [0.15, 0.2) is 18.2 Å². The van der Waals surface area contributed by atoms with E-state index in [0.717, 1.165) is 12.0 Å². The van der Waals surface area contributed by atoms with Crippen molar-refractivity contribution >= 4 is 11.8 Å². The van der Waals surface area contributed by atoms with Gasteiger partial charge in [0.15, 0.2) is 0 Å². The molecule has 1 rings (SSSR count). The van der Waals surface area contributed by atoms with Crippen molar-refractivity contribution in [1.29, 1.82) is 5.26 Å². The van der Waals surface area contributed by atoms with Crippen molar-refractivity contribution in [2.24, 2.45) is 0 Å². The third-order valence-corrected chi connectivity index (χ3v) is 2.98. The molecule has 3 heteroatoms. The van der Waals surface area contributed by atoms with E-state index < -0.39 is 0 Å². The number of halogens is 1. The molecule has 0 aliphatic rings. The molecule has 0 aliphatic heterocycles. The van der Waals surface area contributed by atoms with Gasteiger partial charge in [-0.25, -0.2) is 4.39 Å². The van der Waals surface area contributed by atoms with Crippen molar-refractivity contribution in [3.05, 3.63) is 35.1 Å². The summed E-state index contributed by atoms with van der Waals surface area (Å²) in [5, 5.41) is 9.10. The lowest BCUT2D eigenvalue weighted by atomic mass is 10.1. The van der Waals surface area contributed by atoms with E-state index in [-0.39, 0.29) is 5.82 Å². The maximum atomic E-state index is 13.0.